The average Bonchev–Trinajstić information content (AvgIpc) is 2.86. The number of carbonyl (C=O) groups is 1. The van der Waals surface area contributed by atoms with Crippen LogP contribution in [0.15, 0.2) is 24.3 Å². The van der Waals surface area contributed by atoms with Crippen LogP contribution in [0.5, 0.6) is 0 Å². The molecule has 0 spiro atoms. The molecule has 2 aromatic rings. The molecule has 0 aliphatic carbocycles. The molecule has 4 nitrogen and oxygen atoms in total. The maximum Gasteiger partial charge on any atom is 0.243 e. The number of benzene rings is 1. The largest absolute Gasteiger partial charge is 0.301 e. The van der Waals surface area contributed by atoms with Crippen LogP contribution in [0.25, 0.3) is 0 Å². The van der Waals surface area contributed by atoms with Gasteiger partial charge in [0.1, 0.15) is 0 Å². The average molecular weight is 301 g/mol. The Labute approximate surface area is 128 Å². The van der Waals surface area contributed by atoms with Crippen LogP contribution in [0.4, 0.5) is 5.13 Å². The Balaban J connectivity index is 1.69. The first-order valence-electron chi connectivity index (χ1n) is 7.24. The van der Waals surface area contributed by atoms with Gasteiger partial charge in [0.15, 0.2) is 5.13 Å². The summed E-state index contributed by atoms with van der Waals surface area (Å²) in [5.41, 5.74) is 3.60. The molecule has 0 saturated heterocycles. The van der Waals surface area contributed by atoms with Crippen molar-refractivity contribution in [3.05, 3.63) is 46.0 Å². The monoisotopic (exact) mass is 301 g/mol. The number of fused-ring (bicyclic) bond motifs is 1. The van der Waals surface area contributed by atoms with Crippen LogP contribution in [0, 0.1) is 6.92 Å². The van der Waals surface area contributed by atoms with Crippen LogP contribution in [-0.2, 0) is 24.2 Å². The summed E-state index contributed by atoms with van der Waals surface area (Å²) < 4.78 is 0. The van der Waals surface area contributed by atoms with Gasteiger partial charge in [-0.15, -0.1) is 11.3 Å². The van der Waals surface area contributed by atoms with Crippen molar-refractivity contribution in [3.63, 3.8) is 0 Å². The van der Waals surface area contributed by atoms with E-state index < -0.39 is 0 Å². The zero-order valence-corrected chi connectivity index (χ0v) is 13.1. The lowest BCUT2D eigenvalue weighted by Crippen LogP contribution is -2.44. The van der Waals surface area contributed by atoms with E-state index in [1.165, 1.54) is 16.0 Å². The SMILES string of the molecule is CCc1nc(NC(=O)C2Cc3ccccc3CN2)sc1C. The molecule has 1 unspecified atom stereocenters. The number of anilines is 1. The first-order chi connectivity index (χ1) is 10.2. The van der Waals surface area contributed by atoms with Gasteiger partial charge in [-0.25, -0.2) is 4.98 Å². The van der Waals surface area contributed by atoms with E-state index in [0.29, 0.717) is 5.13 Å². The highest BCUT2D eigenvalue weighted by atomic mass is 32.1. The zero-order chi connectivity index (χ0) is 14.8. The minimum absolute atomic E-state index is 0.000839. The zero-order valence-electron chi connectivity index (χ0n) is 12.3. The highest BCUT2D eigenvalue weighted by Gasteiger charge is 2.24. The molecule has 2 heterocycles. The molecule has 0 fully saturated rings. The van der Waals surface area contributed by atoms with Crippen molar-refractivity contribution in [1.82, 2.24) is 10.3 Å². The summed E-state index contributed by atoms with van der Waals surface area (Å²) in [7, 11) is 0. The minimum Gasteiger partial charge on any atom is -0.301 e. The first kappa shape index (κ1) is 14.2. The fourth-order valence-corrected chi connectivity index (χ4v) is 3.55. The Morgan fingerprint density at radius 3 is 2.90 bits per heavy atom. The lowest BCUT2D eigenvalue weighted by molar-refractivity contribution is -0.118. The van der Waals surface area contributed by atoms with Crippen molar-refractivity contribution in [1.29, 1.82) is 0 Å². The van der Waals surface area contributed by atoms with Crippen molar-refractivity contribution >= 4 is 22.4 Å². The lowest BCUT2D eigenvalue weighted by Gasteiger charge is -2.24. The molecule has 1 aliphatic heterocycles. The third-order valence-corrected chi connectivity index (χ3v) is 4.78. The van der Waals surface area contributed by atoms with E-state index in [1.807, 2.05) is 19.1 Å². The molecular weight excluding hydrogens is 282 g/mol. The summed E-state index contributed by atoms with van der Waals surface area (Å²) in [6.45, 7) is 4.86. The van der Waals surface area contributed by atoms with Gasteiger partial charge in [-0.1, -0.05) is 31.2 Å². The van der Waals surface area contributed by atoms with Gasteiger partial charge in [-0.2, -0.15) is 0 Å². The second kappa shape index (κ2) is 5.95. The second-order valence-corrected chi connectivity index (χ2v) is 6.47. The van der Waals surface area contributed by atoms with Crippen molar-refractivity contribution in [3.8, 4) is 0 Å². The Bertz CT molecular complexity index is 665. The number of thiazole rings is 1. The molecule has 21 heavy (non-hydrogen) atoms. The maximum absolute atomic E-state index is 12.4. The van der Waals surface area contributed by atoms with E-state index in [2.05, 4.69) is 34.7 Å². The molecule has 0 bridgehead atoms. The molecule has 110 valence electrons. The smallest absolute Gasteiger partial charge is 0.243 e. The van der Waals surface area contributed by atoms with Gasteiger partial charge in [0.05, 0.1) is 11.7 Å². The summed E-state index contributed by atoms with van der Waals surface area (Å²) in [4.78, 5) is 18.0. The van der Waals surface area contributed by atoms with Gasteiger partial charge in [0.25, 0.3) is 0 Å². The summed E-state index contributed by atoms with van der Waals surface area (Å²) in [6.07, 6.45) is 1.63. The number of nitrogens with one attached hydrogen (secondary N) is 2. The highest BCUT2D eigenvalue weighted by Crippen LogP contribution is 2.23. The van der Waals surface area contributed by atoms with Crippen molar-refractivity contribution in [2.75, 3.05) is 5.32 Å². The van der Waals surface area contributed by atoms with Crippen molar-refractivity contribution in [2.24, 2.45) is 0 Å². The number of hydrogen-bond acceptors (Lipinski definition) is 4. The van der Waals surface area contributed by atoms with E-state index in [0.717, 1.165) is 25.1 Å². The number of aryl methyl sites for hydroxylation is 2. The van der Waals surface area contributed by atoms with Gasteiger partial charge in [-0.05, 0) is 30.9 Å². The summed E-state index contributed by atoms with van der Waals surface area (Å²) in [5, 5.41) is 6.94. The van der Waals surface area contributed by atoms with E-state index in [9.17, 15) is 4.79 Å². The fraction of sp³-hybridized carbons (Fsp3) is 0.375. The van der Waals surface area contributed by atoms with Crippen LogP contribution in [0.3, 0.4) is 0 Å². The predicted molar refractivity (Wildman–Crippen MR) is 85.6 cm³/mol. The van der Waals surface area contributed by atoms with Crippen LogP contribution in [0.1, 0.15) is 28.6 Å². The maximum atomic E-state index is 12.4. The Hall–Kier alpha value is -1.72. The molecular formula is C16H19N3OS. The fourth-order valence-electron chi connectivity index (χ4n) is 2.64. The summed E-state index contributed by atoms with van der Waals surface area (Å²) in [6, 6.07) is 8.07. The summed E-state index contributed by atoms with van der Waals surface area (Å²) in [5.74, 6) is 0.000839. The first-order valence-corrected chi connectivity index (χ1v) is 8.06. The van der Waals surface area contributed by atoms with Crippen LogP contribution in [0.2, 0.25) is 0 Å². The molecule has 3 rings (SSSR count). The molecule has 0 radical (unpaired) electrons. The number of amides is 1. The van der Waals surface area contributed by atoms with Gasteiger partial charge in [0, 0.05) is 11.4 Å². The standard InChI is InChI=1S/C16H19N3OS/c1-3-13-10(2)21-16(18-13)19-15(20)14-8-11-6-4-5-7-12(11)9-17-14/h4-7,14,17H,3,8-9H2,1-2H3,(H,18,19,20). The number of rotatable bonds is 3. The van der Waals surface area contributed by atoms with Crippen LogP contribution < -0.4 is 10.6 Å². The van der Waals surface area contributed by atoms with Gasteiger partial charge in [-0.3, -0.25) is 4.79 Å². The Morgan fingerprint density at radius 2 is 2.19 bits per heavy atom. The van der Waals surface area contributed by atoms with Gasteiger partial charge >= 0.3 is 0 Å². The van der Waals surface area contributed by atoms with Gasteiger partial charge in [0.2, 0.25) is 5.91 Å². The molecule has 5 heteroatoms. The highest BCUT2D eigenvalue weighted by molar-refractivity contribution is 7.15. The third kappa shape index (κ3) is 2.99. The molecule has 1 aromatic heterocycles. The van der Waals surface area contributed by atoms with E-state index >= 15 is 0 Å². The molecule has 1 atom stereocenters. The number of hydrogen-bond donors (Lipinski definition) is 2. The van der Waals surface area contributed by atoms with Crippen molar-refractivity contribution in [2.45, 2.75) is 39.3 Å². The number of carbonyl (C=O) groups excluding carboxylic acids is 1. The number of nitrogens with zero attached hydrogens (tertiary/aromatic N) is 1. The molecule has 1 aromatic carbocycles. The quantitative estimate of drug-likeness (QED) is 0.916. The van der Waals surface area contributed by atoms with Crippen LogP contribution >= 0.6 is 11.3 Å². The summed E-state index contributed by atoms with van der Waals surface area (Å²) >= 11 is 1.55. The third-order valence-electron chi connectivity index (χ3n) is 3.86. The van der Waals surface area contributed by atoms with E-state index in [4.69, 9.17) is 0 Å². The normalized spacial score (nSPS) is 17.3. The molecule has 1 amide bonds. The topological polar surface area (TPSA) is 54.0 Å². The van der Waals surface area contributed by atoms with Crippen molar-refractivity contribution < 1.29 is 4.79 Å². The van der Waals surface area contributed by atoms with E-state index in [1.54, 1.807) is 11.3 Å². The Kier molecular flexibility index (Phi) is 4.03. The molecule has 0 saturated carbocycles. The molecule has 1 aliphatic rings. The second-order valence-electron chi connectivity index (χ2n) is 5.27. The van der Waals surface area contributed by atoms with E-state index in [-0.39, 0.29) is 11.9 Å². The predicted octanol–water partition coefficient (Wildman–Crippen LogP) is 2.67. The number of aromatic nitrogens is 1. The molecule has 2 N–H and O–H groups in total. The lowest BCUT2D eigenvalue weighted by atomic mass is 9.95. The Morgan fingerprint density at radius 1 is 1.43 bits per heavy atom. The van der Waals surface area contributed by atoms with Gasteiger partial charge < -0.3 is 10.6 Å². The minimum atomic E-state index is -0.186. The van der Waals surface area contributed by atoms with Crippen LogP contribution in [-0.4, -0.2) is 16.9 Å².